The molecule has 1 unspecified atom stereocenters. The lowest BCUT2D eigenvalue weighted by atomic mass is 10.2. The Balaban J connectivity index is 1.68. The average molecular weight is 484 g/mol. The summed E-state index contributed by atoms with van der Waals surface area (Å²) in [4.78, 5) is 12.8. The molecular formula is C22H22ClN7O2S. The zero-order chi connectivity index (χ0) is 23.2. The average Bonchev–Trinajstić information content (AvgIpc) is 3.27. The van der Waals surface area contributed by atoms with Crippen molar-refractivity contribution in [3.63, 3.8) is 0 Å². The molecule has 0 spiro atoms. The standard InChI is InChI=1S/C22H22ClN7O2S/c1-14(10-19-25-12-16(23)13-26-19)33-29-22-28-27-21(15-6-5-9-24-11-15)30(22)20-17(31-2)7-4-8-18(20)32-3/h4-9,11-14H,10H2,1-3H3,(H,28,29). The highest BCUT2D eigenvalue weighted by molar-refractivity contribution is 8.01. The smallest absolute Gasteiger partial charge is 0.239 e. The summed E-state index contributed by atoms with van der Waals surface area (Å²) < 4.78 is 16.5. The first kappa shape index (κ1) is 22.8. The van der Waals surface area contributed by atoms with Gasteiger partial charge in [0.15, 0.2) is 5.82 Å². The van der Waals surface area contributed by atoms with Crippen LogP contribution in [0.4, 0.5) is 5.95 Å². The van der Waals surface area contributed by atoms with Crippen molar-refractivity contribution in [3.8, 4) is 28.6 Å². The lowest BCUT2D eigenvalue weighted by molar-refractivity contribution is 0.391. The molecule has 0 aliphatic heterocycles. The fourth-order valence-electron chi connectivity index (χ4n) is 3.19. The number of pyridine rings is 1. The summed E-state index contributed by atoms with van der Waals surface area (Å²) in [6.07, 6.45) is 7.29. The van der Waals surface area contributed by atoms with Crippen LogP contribution in [-0.2, 0) is 6.42 Å². The van der Waals surface area contributed by atoms with Gasteiger partial charge in [0.05, 0.1) is 19.2 Å². The van der Waals surface area contributed by atoms with E-state index in [9.17, 15) is 0 Å². The second-order valence-corrected chi connectivity index (χ2v) is 8.67. The van der Waals surface area contributed by atoms with Crippen molar-refractivity contribution in [1.82, 2.24) is 29.7 Å². The van der Waals surface area contributed by atoms with Crippen molar-refractivity contribution in [2.75, 3.05) is 18.9 Å². The molecule has 0 saturated carbocycles. The Morgan fingerprint density at radius 3 is 2.39 bits per heavy atom. The zero-order valence-corrected chi connectivity index (χ0v) is 19.8. The van der Waals surface area contributed by atoms with Gasteiger partial charge in [0.25, 0.3) is 0 Å². The molecule has 0 radical (unpaired) electrons. The summed E-state index contributed by atoms with van der Waals surface area (Å²) in [6.45, 7) is 2.07. The van der Waals surface area contributed by atoms with Gasteiger partial charge >= 0.3 is 0 Å². The number of anilines is 1. The number of hydrogen-bond acceptors (Lipinski definition) is 9. The third-order valence-electron chi connectivity index (χ3n) is 4.70. The van der Waals surface area contributed by atoms with Crippen LogP contribution in [0.1, 0.15) is 12.7 Å². The third kappa shape index (κ3) is 5.18. The number of rotatable bonds is 9. The van der Waals surface area contributed by atoms with Gasteiger partial charge in [0, 0.05) is 42.0 Å². The van der Waals surface area contributed by atoms with E-state index in [1.54, 1.807) is 39.0 Å². The molecule has 0 saturated heterocycles. The monoisotopic (exact) mass is 483 g/mol. The van der Waals surface area contributed by atoms with Crippen LogP contribution in [-0.4, -0.2) is 49.2 Å². The van der Waals surface area contributed by atoms with Gasteiger partial charge in [-0.3, -0.25) is 14.3 Å². The molecular weight excluding hydrogens is 462 g/mol. The highest BCUT2D eigenvalue weighted by Gasteiger charge is 2.23. The number of nitrogens with zero attached hydrogens (tertiary/aromatic N) is 6. The van der Waals surface area contributed by atoms with Gasteiger partial charge in [0.2, 0.25) is 5.95 Å². The Morgan fingerprint density at radius 2 is 1.76 bits per heavy atom. The van der Waals surface area contributed by atoms with Crippen molar-refractivity contribution in [2.24, 2.45) is 0 Å². The van der Waals surface area contributed by atoms with Crippen molar-refractivity contribution >= 4 is 29.5 Å². The molecule has 9 nitrogen and oxygen atoms in total. The zero-order valence-electron chi connectivity index (χ0n) is 18.3. The van der Waals surface area contributed by atoms with Gasteiger partial charge in [0.1, 0.15) is 23.0 Å². The maximum absolute atomic E-state index is 5.88. The van der Waals surface area contributed by atoms with E-state index in [1.165, 1.54) is 11.9 Å². The SMILES string of the molecule is COc1cccc(OC)c1-n1c(NSC(C)Cc2ncc(Cl)cn2)nnc1-c1cccnc1. The van der Waals surface area contributed by atoms with Gasteiger partial charge in [-0.2, -0.15) is 0 Å². The van der Waals surface area contributed by atoms with Crippen LogP contribution in [0.25, 0.3) is 17.1 Å². The van der Waals surface area contributed by atoms with E-state index in [1.807, 2.05) is 34.9 Å². The second-order valence-electron chi connectivity index (χ2n) is 6.99. The molecule has 0 amide bonds. The Kier molecular flexibility index (Phi) is 7.26. The molecule has 0 bridgehead atoms. The van der Waals surface area contributed by atoms with Crippen LogP contribution in [0.2, 0.25) is 5.02 Å². The minimum Gasteiger partial charge on any atom is -0.494 e. The van der Waals surface area contributed by atoms with E-state index in [0.717, 1.165) is 5.56 Å². The molecule has 0 aliphatic carbocycles. The van der Waals surface area contributed by atoms with E-state index in [2.05, 4.69) is 36.8 Å². The first-order valence-electron chi connectivity index (χ1n) is 10.1. The third-order valence-corrected chi connectivity index (χ3v) is 5.77. The summed E-state index contributed by atoms with van der Waals surface area (Å²) in [6, 6.07) is 9.37. The van der Waals surface area contributed by atoms with Gasteiger partial charge in [-0.05, 0) is 36.2 Å². The molecule has 3 heterocycles. The number of halogens is 1. The second kappa shape index (κ2) is 10.5. The molecule has 1 atom stereocenters. The first-order chi connectivity index (χ1) is 16.1. The Bertz CT molecular complexity index is 1180. The number of nitrogens with one attached hydrogen (secondary N) is 1. The predicted octanol–water partition coefficient (Wildman–Crippen LogP) is 4.48. The summed E-state index contributed by atoms with van der Waals surface area (Å²) in [5, 5.41) is 9.49. The van der Waals surface area contributed by atoms with Crippen LogP contribution in [0.15, 0.2) is 55.1 Å². The summed E-state index contributed by atoms with van der Waals surface area (Å²) in [5.41, 5.74) is 1.49. The lowest BCUT2D eigenvalue weighted by Crippen LogP contribution is -2.11. The largest absolute Gasteiger partial charge is 0.494 e. The van der Waals surface area contributed by atoms with E-state index in [4.69, 9.17) is 21.1 Å². The van der Waals surface area contributed by atoms with Gasteiger partial charge in [-0.15, -0.1) is 10.2 Å². The number of aromatic nitrogens is 6. The van der Waals surface area contributed by atoms with Crippen LogP contribution in [0.3, 0.4) is 0 Å². The first-order valence-corrected chi connectivity index (χ1v) is 11.3. The molecule has 33 heavy (non-hydrogen) atoms. The quantitative estimate of drug-likeness (QED) is 0.345. The van der Waals surface area contributed by atoms with E-state index < -0.39 is 0 Å². The normalized spacial score (nSPS) is 11.8. The van der Waals surface area contributed by atoms with E-state index >= 15 is 0 Å². The fraction of sp³-hybridized carbons (Fsp3) is 0.227. The fourth-order valence-corrected chi connectivity index (χ4v) is 3.96. The number of benzene rings is 1. The minimum absolute atomic E-state index is 0.137. The van der Waals surface area contributed by atoms with Crippen LogP contribution < -0.4 is 14.2 Å². The Morgan fingerprint density at radius 1 is 1.03 bits per heavy atom. The number of ether oxygens (including phenoxy) is 2. The maximum atomic E-state index is 5.88. The van der Waals surface area contributed by atoms with Crippen molar-refractivity contribution < 1.29 is 9.47 Å². The van der Waals surface area contributed by atoms with Crippen LogP contribution in [0.5, 0.6) is 11.5 Å². The number of para-hydroxylation sites is 1. The summed E-state index contributed by atoms with van der Waals surface area (Å²) >= 11 is 7.37. The summed E-state index contributed by atoms with van der Waals surface area (Å²) in [5.74, 6) is 3.07. The van der Waals surface area contributed by atoms with Crippen molar-refractivity contribution in [1.29, 1.82) is 0 Å². The van der Waals surface area contributed by atoms with E-state index in [-0.39, 0.29) is 5.25 Å². The number of methoxy groups -OCH3 is 2. The topological polar surface area (TPSA) is 99.9 Å². The van der Waals surface area contributed by atoms with Crippen LogP contribution >= 0.6 is 23.5 Å². The molecule has 170 valence electrons. The lowest BCUT2D eigenvalue weighted by Gasteiger charge is -2.18. The molecule has 11 heteroatoms. The maximum Gasteiger partial charge on any atom is 0.239 e. The highest BCUT2D eigenvalue weighted by atomic mass is 35.5. The van der Waals surface area contributed by atoms with E-state index in [0.29, 0.717) is 46.2 Å². The number of hydrogen-bond donors (Lipinski definition) is 1. The molecule has 0 aliphatic rings. The minimum atomic E-state index is 0.137. The van der Waals surface area contributed by atoms with Crippen molar-refractivity contribution in [3.05, 3.63) is 66.0 Å². The molecule has 0 fully saturated rings. The molecule has 3 aromatic heterocycles. The van der Waals surface area contributed by atoms with Crippen molar-refractivity contribution in [2.45, 2.75) is 18.6 Å². The molecule has 4 aromatic rings. The predicted molar refractivity (Wildman–Crippen MR) is 129 cm³/mol. The van der Waals surface area contributed by atoms with Gasteiger partial charge < -0.3 is 9.47 Å². The Labute approximate surface area is 200 Å². The molecule has 4 rings (SSSR count). The highest BCUT2D eigenvalue weighted by Crippen LogP contribution is 2.38. The van der Waals surface area contributed by atoms with Crippen LogP contribution in [0, 0.1) is 0 Å². The molecule has 1 aromatic carbocycles. The van der Waals surface area contributed by atoms with Gasteiger partial charge in [-0.1, -0.05) is 24.6 Å². The Hall–Kier alpha value is -3.37. The molecule has 1 N–H and O–H groups in total. The van der Waals surface area contributed by atoms with Gasteiger partial charge in [-0.25, -0.2) is 9.97 Å². The summed E-state index contributed by atoms with van der Waals surface area (Å²) in [7, 11) is 3.23.